The molecule has 1 aromatic carbocycles. The molecule has 1 aliphatic heterocycles. The first-order valence-electron chi connectivity index (χ1n) is 10.5. The number of piperazine rings is 1. The van der Waals surface area contributed by atoms with Gasteiger partial charge in [-0.25, -0.2) is 8.42 Å². The predicted octanol–water partition coefficient (Wildman–Crippen LogP) is 2.94. The Morgan fingerprint density at radius 1 is 1.17 bits per heavy atom. The molecule has 0 aromatic heterocycles. The van der Waals surface area contributed by atoms with E-state index in [2.05, 4.69) is 5.32 Å². The van der Waals surface area contributed by atoms with E-state index in [9.17, 15) is 18.0 Å². The molecule has 0 bridgehead atoms. The average Bonchev–Trinajstić information content (AvgIpc) is 2.62. The third-order valence-corrected chi connectivity index (χ3v) is 7.44. The second kappa shape index (κ2) is 9.24. The van der Waals surface area contributed by atoms with Crippen LogP contribution in [0.5, 0.6) is 0 Å². The van der Waals surface area contributed by atoms with Crippen LogP contribution in [0.2, 0.25) is 5.02 Å². The van der Waals surface area contributed by atoms with Gasteiger partial charge in [0.1, 0.15) is 5.54 Å². The fourth-order valence-electron chi connectivity index (χ4n) is 4.36. The Labute approximate surface area is 183 Å². The van der Waals surface area contributed by atoms with Crippen molar-refractivity contribution in [2.24, 2.45) is 0 Å². The molecule has 166 valence electrons. The van der Waals surface area contributed by atoms with Crippen LogP contribution in [0.4, 0.5) is 5.69 Å². The van der Waals surface area contributed by atoms with E-state index in [-0.39, 0.29) is 25.0 Å². The number of carbonyl (C=O) groups excluding carboxylic acids is 2. The first-order chi connectivity index (χ1) is 14.1. The molecule has 1 saturated carbocycles. The van der Waals surface area contributed by atoms with Crippen molar-refractivity contribution < 1.29 is 18.0 Å². The van der Waals surface area contributed by atoms with Crippen molar-refractivity contribution in [2.75, 3.05) is 24.2 Å². The lowest BCUT2D eigenvalue weighted by atomic mass is 9.92. The van der Waals surface area contributed by atoms with E-state index >= 15 is 0 Å². The normalized spacial score (nSPS) is 24.9. The minimum absolute atomic E-state index is 0.0274. The zero-order chi connectivity index (χ0) is 21.9. The van der Waals surface area contributed by atoms with Crippen molar-refractivity contribution in [3.05, 3.63) is 29.3 Å². The zero-order valence-corrected chi connectivity index (χ0v) is 19.1. The van der Waals surface area contributed by atoms with Gasteiger partial charge in [-0.15, -0.1) is 0 Å². The van der Waals surface area contributed by atoms with Crippen molar-refractivity contribution in [3.63, 3.8) is 0 Å². The Bertz CT molecular complexity index is 899. The fraction of sp³-hybridized carbons (Fsp3) is 0.619. The number of halogens is 1. The molecule has 2 aliphatic rings. The summed E-state index contributed by atoms with van der Waals surface area (Å²) >= 11 is 6.13. The van der Waals surface area contributed by atoms with E-state index in [1.54, 1.807) is 31.2 Å². The number of anilines is 1. The first kappa shape index (κ1) is 23.0. The summed E-state index contributed by atoms with van der Waals surface area (Å²) in [7, 11) is -3.64. The number of benzene rings is 1. The Morgan fingerprint density at radius 2 is 1.80 bits per heavy atom. The molecule has 0 unspecified atom stereocenters. The van der Waals surface area contributed by atoms with Crippen LogP contribution in [0, 0.1) is 0 Å². The highest BCUT2D eigenvalue weighted by Crippen LogP contribution is 2.32. The van der Waals surface area contributed by atoms with Gasteiger partial charge in [0.2, 0.25) is 21.8 Å². The number of rotatable bonds is 4. The third-order valence-electron chi connectivity index (χ3n) is 6.00. The minimum atomic E-state index is -3.64. The topological polar surface area (TPSA) is 86.8 Å². The molecule has 1 saturated heterocycles. The van der Waals surface area contributed by atoms with E-state index < -0.39 is 21.5 Å². The van der Waals surface area contributed by atoms with Gasteiger partial charge in [0.15, 0.2) is 0 Å². The molecule has 0 spiro atoms. The van der Waals surface area contributed by atoms with Crippen LogP contribution in [0.15, 0.2) is 24.3 Å². The standard InChI is InChI=1S/C21H30ClN3O4S/c1-21(20(27)23-17-10-6-4-3-5-7-11-17)15-24(30(2,28)29)14-19(26)25(21)18-12-8-9-16(22)13-18/h8-9,12-13,17H,3-7,10-11,14-15H2,1-2H3,(H,23,27)/t21-/m1/s1. The van der Waals surface area contributed by atoms with E-state index in [1.165, 1.54) is 11.3 Å². The molecule has 2 amide bonds. The van der Waals surface area contributed by atoms with Gasteiger partial charge in [0, 0.05) is 23.3 Å². The van der Waals surface area contributed by atoms with Crippen LogP contribution in [0.25, 0.3) is 0 Å². The van der Waals surface area contributed by atoms with Gasteiger partial charge in [-0.1, -0.05) is 49.8 Å². The minimum Gasteiger partial charge on any atom is -0.351 e. The highest BCUT2D eigenvalue weighted by Gasteiger charge is 2.50. The fourth-order valence-corrected chi connectivity index (χ4v) is 5.38. The van der Waals surface area contributed by atoms with Crippen LogP contribution in [0.3, 0.4) is 0 Å². The Morgan fingerprint density at radius 3 is 2.40 bits per heavy atom. The van der Waals surface area contributed by atoms with E-state index in [4.69, 9.17) is 11.6 Å². The molecule has 1 heterocycles. The molecular formula is C21H30ClN3O4S. The van der Waals surface area contributed by atoms with Crippen LogP contribution in [-0.4, -0.2) is 55.5 Å². The number of amides is 2. The van der Waals surface area contributed by atoms with Crippen LogP contribution in [-0.2, 0) is 19.6 Å². The quantitative estimate of drug-likeness (QED) is 0.756. The van der Waals surface area contributed by atoms with Gasteiger partial charge in [0.25, 0.3) is 0 Å². The van der Waals surface area contributed by atoms with Crippen molar-refractivity contribution >= 4 is 39.1 Å². The monoisotopic (exact) mass is 455 g/mol. The van der Waals surface area contributed by atoms with E-state index in [1.807, 2.05) is 0 Å². The van der Waals surface area contributed by atoms with Crippen LogP contribution in [0.1, 0.15) is 51.9 Å². The molecule has 3 rings (SSSR count). The lowest BCUT2D eigenvalue weighted by Crippen LogP contribution is -2.70. The molecule has 9 heteroatoms. The molecule has 7 nitrogen and oxygen atoms in total. The van der Waals surface area contributed by atoms with Crippen molar-refractivity contribution in [1.82, 2.24) is 9.62 Å². The smallest absolute Gasteiger partial charge is 0.247 e. The maximum absolute atomic E-state index is 13.5. The SMILES string of the molecule is C[C@]1(C(=O)NC2CCCCCCC2)CN(S(C)(=O)=O)CC(=O)N1c1cccc(Cl)c1. The van der Waals surface area contributed by atoms with Crippen LogP contribution >= 0.6 is 11.6 Å². The first-order valence-corrected chi connectivity index (χ1v) is 12.7. The highest BCUT2D eigenvalue weighted by atomic mass is 35.5. The summed E-state index contributed by atoms with van der Waals surface area (Å²) < 4.78 is 25.5. The van der Waals surface area contributed by atoms with Crippen LogP contribution < -0.4 is 10.2 Å². The second-order valence-electron chi connectivity index (χ2n) is 8.53. The molecule has 1 N–H and O–H groups in total. The molecule has 2 fully saturated rings. The van der Waals surface area contributed by atoms with Gasteiger partial charge in [0.05, 0.1) is 12.8 Å². The Kier molecular flexibility index (Phi) is 7.09. The summed E-state index contributed by atoms with van der Waals surface area (Å²) in [6.45, 7) is 1.21. The lowest BCUT2D eigenvalue weighted by molar-refractivity contribution is -0.133. The van der Waals surface area contributed by atoms with Gasteiger partial charge >= 0.3 is 0 Å². The Balaban J connectivity index is 1.94. The van der Waals surface area contributed by atoms with Gasteiger partial charge in [-0.2, -0.15) is 4.31 Å². The third kappa shape index (κ3) is 5.15. The zero-order valence-electron chi connectivity index (χ0n) is 17.6. The van der Waals surface area contributed by atoms with Gasteiger partial charge in [-0.3, -0.25) is 14.5 Å². The molecule has 1 atom stereocenters. The number of hydrogen-bond donors (Lipinski definition) is 1. The summed E-state index contributed by atoms with van der Waals surface area (Å²) in [5, 5.41) is 3.56. The molecule has 1 aromatic rings. The molecular weight excluding hydrogens is 426 g/mol. The average molecular weight is 456 g/mol. The van der Waals surface area contributed by atoms with Gasteiger partial charge < -0.3 is 5.32 Å². The highest BCUT2D eigenvalue weighted by molar-refractivity contribution is 7.88. The lowest BCUT2D eigenvalue weighted by Gasteiger charge is -2.47. The summed E-state index contributed by atoms with van der Waals surface area (Å²) in [6, 6.07) is 6.76. The van der Waals surface area contributed by atoms with Crippen molar-refractivity contribution in [1.29, 1.82) is 0 Å². The Hall–Kier alpha value is -1.64. The molecule has 30 heavy (non-hydrogen) atoms. The number of carbonyl (C=O) groups is 2. The van der Waals surface area contributed by atoms with Gasteiger partial charge in [-0.05, 0) is 38.0 Å². The summed E-state index contributed by atoms with van der Waals surface area (Å²) in [4.78, 5) is 28.0. The molecule has 0 radical (unpaired) electrons. The predicted molar refractivity (Wildman–Crippen MR) is 118 cm³/mol. The second-order valence-corrected chi connectivity index (χ2v) is 10.9. The number of hydrogen-bond acceptors (Lipinski definition) is 4. The summed E-state index contributed by atoms with van der Waals surface area (Å²) in [5.41, 5.74) is -0.901. The number of nitrogens with one attached hydrogen (secondary N) is 1. The molecule has 1 aliphatic carbocycles. The van der Waals surface area contributed by atoms with Crippen molar-refractivity contribution in [3.8, 4) is 0 Å². The summed E-state index contributed by atoms with van der Waals surface area (Å²) in [5.74, 6) is -0.793. The summed E-state index contributed by atoms with van der Waals surface area (Å²) in [6.07, 6.45) is 8.46. The maximum atomic E-state index is 13.5. The number of sulfonamides is 1. The number of nitrogens with zero attached hydrogens (tertiary/aromatic N) is 2. The maximum Gasteiger partial charge on any atom is 0.247 e. The largest absolute Gasteiger partial charge is 0.351 e. The van der Waals surface area contributed by atoms with E-state index in [0.29, 0.717) is 10.7 Å². The van der Waals surface area contributed by atoms with E-state index in [0.717, 1.165) is 49.1 Å². The van der Waals surface area contributed by atoms with Crippen molar-refractivity contribution in [2.45, 2.75) is 63.5 Å².